The Balaban J connectivity index is 1.48. The van der Waals surface area contributed by atoms with Crippen LogP contribution in [0.2, 0.25) is 0 Å². The Bertz CT molecular complexity index is 904. The Morgan fingerprint density at radius 2 is 1.41 bits per heavy atom. The lowest BCUT2D eigenvalue weighted by molar-refractivity contribution is -0.120. The highest BCUT2D eigenvalue weighted by molar-refractivity contribution is 7.90. The number of sulfonamides is 1. The molecule has 0 bridgehead atoms. The van der Waals surface area contributed by atoms with Crippen molar-refractivity contribution in [1.82, 2.24) is 4.72 Å². The summed E-state index contributed by atoms with van der Waals surface area (Å²) in [4.78, 5) is 12.6. The zero-order valence-electron chi connectivity index (χ0n) is 16.9. The molecule has 6 nitrogen and oxygen atoms in total. The molecule has 3 rings (SSSR count). The summed E-state index contributed by atoms with van der Waals surface area (Å²) in [5.74, 6) is -0.0872. The van der Waals surface area contributed by atoms with E-state index in [1.807, 2.05) is 54.6 Å². The number of benzene rings is 2. The van der Waals surface area contributed by atoms with Crippen LogP contribution in [0.25, 0.3) is 0 Å². The molecule has 1 aliphatic carbocycles. The fourth-order valence-electron chi connectivity index (χ4n) is 3.41. The molecule has 0 aliphatic heterocycles. The predicted octanol–water partition coefficient (Wildman–Crippen LogP) is 4.26. The fourth-order valence-corrected chi connectivity index (χ4v) is 4.38. The third-order valence-corrected chi connectivity index (χ3v) is 7.17. The quantitative estimate of drug-likeness (QED) is 0.631. The molecule has 7 heteroatoms. The van der Waals surface area contributed by atoms with E-state index >= 15 is 0 Å². The summed E-state index contributed by atoms with van der Waals surface area (Å²) in [6, 6.07) is 17.4. The van der Waals surface area contributed by atoms with Crippen LogP contribution in [0.4, 0.5) is 17.1 Å². The number of hydrogen-bond donors (Lipinski definition) is 3. The van der Waals surface area contributed by atoms with Crippen LogP contribution in [0.5, 0.6) is 0 Å². The zero-order valence-corrected chi connectivity index (χ0v) is 17.7. The Labute approximate surface area is 173 Å². The molecule has 2 aromatic carbocycles. The number of hydrogen-bond acceptors (Lipinski definition) is 4. The second kappa shape index (κ2) is 9.41. The maximum Gasteiger partial charge on any atom is 0.227 e. The summed E-state index contributed by atoms with van der Waals surface area (Å²) in [6.45, 7) is 3.34. The highest BCUT2D eigenvalue weighted by Gasteiger charge is 2.29. The van der Waals surface area contributed by atoms with E-state index in [-0.39, 0.29) is 17.9 Å². The summed E-state index contributed by atoms with van der Waals surface area (Å²) in [5, 5.41) is 5.85. The first-order valence-corrected chi connectivity index (χ1v) is 11.6. The van der Waals surface area contributed by atoms with Crippen LogP contribution in [0.3, 0.4) is 0 Å². The Kier molecular flexibility index (Phi) is 6.92. The van der Waals surface area contributed by atoms with E-state index in [9.17, 15) is 13.2 Å². The first kappa shape index (κ1) is 21.3. The van der Waals surface area contributed by atoms with E-state index in [1.165, 1.54) is 0 Å². The van der Waals surface area contributed by atoms with Crippen LogP contribution < -0.4 is 15.4 Å². The fraction of sp³-hybridized carbons (Fsp3) is 0.409. The van der Waals surface area contributed by atoms with Crippen LogP contribution >= 0.6 is 0 Å². The molecule has 3 N–H and O–H groups in total. The zero-order chi connectivity index (χ0) is 20.9. The van der Waals surface area contributed by atoms with Crippen LogP contribution in [0, 0.1) is 5.92 Å². The molecule has 0 spiro atoms. The van der Waals surface area contributed by atoms with Gasteiger partial charge >= 0.3 is 0 Å². The van der Waals surface area contributed by atoms with Crippen molar-refractivity contribution < 1.29 is 13.2 Å². The third-order valence-electron chi connectivity index (χ3n) is 5.26. The molecule has 1 amide bonds. The number of amides is 1. The summed E-state index contributed by atoms with van der Waals surface area (Å²) in [6.07, 6.45) is 2.74. The summed E-state index contributed by atoms with van der Waals surface area (Å²) < 4.78 is 26.8. The molecule has 0 radical (unpaired) electrons. The minimum absolute atomic E-state index is 0.000986. The van der Waals surface area contributed by atoms with Gasteiger partial charge < -0.3 is 10.6 Å². The van der Waals surface area contributed by atoms with Gasteiger partial charge in [-0.05, 0) is 75.9 Å². The molecule has 1 saturated carbocycles. The topological polar surface area (TPSA) is 87.3 Å². The minimum Gasteiger partial charge on any atom is -0.356 e. The van der Waals surface area contributed by atoms with Gasteiger partial charge in [0.1, 0.15) is 0 Å². The molecular weight excluding hydrogens is 386 g/mol. The van der Waals surface area contributed by atoms with Crippen molar-refractivity contribution in [2.75, 3.05) is 10.6 Å². The number of carbonyl (C=O) groups excluding carboxylic acids is 1. The van der Waals surface area contributed by atoms with Gasteiger partial charge in [0, 0.05) is 29.0 Å². The van der Waals surface area contributed by atoms with Gasteiger partial charge in [-0.15, -0.1) is 0 Å². The number of nitrogens with one attached hydrogen (secondary N) is 3. The molecule has 156 valence electrons. The van der Waals surface area contributed by atoms with Crippen molar-refractivity contribution in [3.8, 4) is 0 Å². The standard InChI is InChI=1S/C22H29N3O3S/c1-16(2)29(27,28)25-21-10-8-17(9-11-21)22(26)24-20-14-12-19(13-15-20)23-18-6-4-3-5-7-18/h3-7,12-17,21,23,25H,8-11H2,1-2H3,(H,24,26). The van der Waals surface area contributed by atoms with E-state index in [1.54, 1.807) is 13.8 Å². The van der Waals surface area contributed by atoms with E-state index in [0.717, 1.165) is 17.1 Å². The molecule has 1 aliphatic rings. The number of rotatable bonds is 7. The van der Waals surface area contributed by atoms with Crippen molar-refractivity contribution in [3.05, 3.63) is 54.6 Å². The normalized spacial score (nSPS) is 19.7. The van der Waals surface area contributed by atoms with Gasteiger partial charge in [0.05, 0.1) is 5.25 Å². The first-order valence-electron chi connectivity index (χ1n) is 10.1. The van der Waals surface area contributed by atoms with Crippen molar-refractivity contribution in [1.29, 1.82) is 0 Å². The Morgan fingerprint density at radius 3 is 2.00 bits per heavy atom. The molecule has 0 heterocycles. The number of carbonyl (C=O) groups is 1. The highest BCUT2D eigenvalue weighted by Crippen LogP contribution is 2.27. The first-order chi connectivity index (χ1) is 13.8. The largest absolute Gasteiger partial charge is 0.356 e. The molecule has 0 aromatic heterocycles. The van der Waals surface area contributed by atoms with Crippen LogP contribution in [-0.4, -0.2) is 25.6 Å². The molecule has 0 unspecified atom stereocenters. The van der Waals surface area contributed by atoms with Crippen molar-refractivity contribution in [3.63, 3.8) is 0 Å². The van der Waals surface area contributed by atoms with E-state index in [4.69, 9.17) is 0 Å². The maximum atomic E-state index is 12.6. The number of anilines is 3. The van der Waals surface area contributed by atoms with Gasteiger partial charge in [0.2, 0.25) is 15.9 Å². The van der Waals surface area contributed by atoms with Crippen LogP contribution in [0.1, 0.15) is 39.5 Å². The third kappa shape index (κ3) is 6.05. The summed E-state index contributed by atoms with van der Waals surface area (Å²) >= 11 is 0. The lowest BCUT2D eigenvalue weighted by Crippen LogP contribution is -2.42. The van der Waals surface area contributed by atoms with E-state index in [0.29, 0.717) is 25.7 Å². The van der Waals surface area contributed by atoms with E-state index < -0.39 is 15.3 Å². The maximum absolute atomic E-state index is 12.6. The van der Waals surface area contributed by atoms with Gasteiger partial charge in [-0.3, -0.25) is 4.79 Å². The molecule has 2 aromatic rings. The molecular formula is C22H29N3O3S. The Morgan fingerprint density at radius 1 is 0.862 bits per heavy atom. The van der Waals surface area contributed by atoms with Gasteiger partial charge in [-0.25, -0.2) is 13.1 Å². The van der Waals surface area contributed by atoms with Gasteiger partial charge in [-0.1, -0.05) is 18.2 Å². The second-order valence-corrected chi connectivity index (χ2v) is 10.1. The van der Waals surface area contributed by atoms with Gasteiger partial charge in [0.25, 0.3) is 0 Å². The van der Waals surface area contributed by atoms with Crippen LogP contribution in [0.15, 0.2) is 54.6 Å². The van der Waals surface area contributed by atoms with Crippen molar-refractivity contribution >= 4 is 33.0 Å². The molecule has 29 heavy (non-hydrogen) atoms. The molecule has 0 saturated heterocycles. The highest BCUT2D eigenvalue weighted by atomic mass is 32.2. The molecule has 1 fully saturated rings. The van der Waals surface area contributed by atoms with E-state index in [2.05, 4.69) is 15.4 Å². The average Bonchev–Trinajstić information content (AvgIpc) is 2.70. The monoisotopic (exact) mass is 415 g/mol. The predicted molar refractivity (Wildman–Crippen MR) is 118 cm³/mol. The van der Waals surface area contributed by atoms with Gasteiger partial charge in [0.15, 0.2) is 0 Å². The Hall–Kier alpha value is -2.38. The average molecular weight is 416 g/mol. The summed E-state index contributed by atoms with van der Waals surface area (Å²) in [7, 11) is -3.27. The second-order valence-electron chi connectivity index (χ2n) is 7.82. The number of para-hydroxylation sites is 1. The summed E-state index contributed by atoms with van der Waals surface area (Å²) in [5.41, 5.74) is 2.72. The molecule has 0 atom stereocenters. The lowest BCUT2D eigenvalue weighted by Gasteiger charge is -2.28. The van der Waals surface area contributed by atoms with Crippen molar-refractivity contribution in [2.45, 2.75) is 50.8 Å². The van der Waals surface area contributed by atoms with Crippen molar-refractivity contribution in [2.24, 2.45) is 5.92 Å². The van der Waals surface area contributed by atoms with Crippen LogP contribution in [-0.2, 0) is 14.8 Å². The lowest BCUT2D eigenvalue weighted by atomic mass is 9.86. The smallest absolute Gasteiger partial charge is 0.227 e. The minimum atomic E-state index is -3.27. The van der Waals surface area contributed by atoms with Gasteiger partial charge in [-0.2, -0.15) is 0 Å². The SMILES string of the molecule is CC(C)S(=O)(=O)NC1CCC(C(=O)Nc2ccc(Nc3ccccc3)cc2)CC1.